The van der Waals surface area contributed by atoms with Gasteiger partial charge in [0.2, 0.25) is 12.2 Å². The molecule has 5 nitrogen and oxygen atoms in total. The highest BCUT2D eigenvalue weighted by Gasteiger charge is 2.52. The van der Waals surface area contributed by atoms with Crippen molar-refractivity contribution in [3.63, 3.8) is 0 Å². The molecule has 2 heterocycles. The molecular formula is C10H15NO4. The van der Waals surface area contributed by atoms with Gasteiger partial charge < -0.3 is 14.8 Å². The van der Waals surface area contributed by atoms with Crippen LogP contribution in [0.4, 0.5) is 0 Å². The summed E-state index contributed by atoms with van der Waals surface area (Å²) < 4.78 is 10.6. The zero-order chi connectivity index (χ0) is 11.1. The first-order chi connectivity index (χ1) is 7.01. The van der Waals surface area contributed by atoms with Gasteiger partial charge in [0.05, 0.1) is 12.5 Å². The summed E-state index contributed by atoms with van der Waals surface area (Å²) in [6, 6.07) is 0. The van der Waals surface area contributed by atoms with Gasteiger partial charge in [0.25, 0.3) is 0 Å². The minimum atomic E-state index is -0.525. The van der Waals surface area contributed by atoms with Crippen LogP contribution in [0.2, 0.25) is 0 Å². The zero-order valence-corrected chi connectivity index (χ0v) is 8.91. The molecule has 84 valence electrons. The Bertz CT molecular complexity index is 300. The van der Waals surface area contributed by atoms with Gasteiger partial charge >= 0.3 is 5.97 Å². The van der Waals surface area contributed by atoms with E-state index in [9.17, 15) is 9.59 Å². The van der Waals surface area contributed by atoms with E-state index in [1.807, 2.05) is 13.8 Å². The third-order valence-corrected chi connectivity index (χ3v) is 3.10. The van der Waals surface area contributed by atoms with Gasteiger partial charge in [0.15, 0.2) is 0 Å². The lowest BCUT2D eigenvalue weighted by molar-refractivity contribution is -0.174. The van der Waals surface area contributed by atoms with Crippen molar-refractivity contribution in [1.82, 2.24) is 5.32 Å². The maximum Gasteiger partial charge on any atom is 0.312 e. The minimum Gasteiger partial charge on any atom is -0.435 e. The molecular weight excluding hydrogens is 198 g/mol. The first kappa shape index (κ1) is 10.4. The average Bonchev–Trinajstić information content (AvgIpc) is 2.38. The summed E-state index contributed by atoms with van der Waals surface area (Å²) >= 11 is 0. The van der Waals surface area contributed by atoms with E-state index >= 15 is 0 Å². The Labute approximate surface area is 88.1 Å². The number of carbonyl (C=O) groups is 2. The minimum absolute atomic E-state index is 0.115. The van der Waals surface area contributed by atoms with Crippen LogP contribution in [0.15, 0.2) is 0 Å². The molecule has 2 fully saturated rings. The first-order valence-electron chi connectivity index (χ1n) is 5.10. The van der Waals surface area contributed by atoms with E-state index in [1.165, 1.54) is 0 Å². The molecule has 0 aromatic carbocycles. The molecule has 0 radical (unpaired) electrons. The number of hydrogen-bond donors (Lipinski definition) is 1. The van der Waals surface area contributed by atoms with Gasteiger partial charge in [0.1, 0.15) is 0 Å². The summed E-state index contributed by atoms with van der Waals surface area (Å²) in [5.41, 5.74) is -0.432. The fourth-order valence-corrected chi connectivity index (χ4v) is 2.02. The second kappa shape index (κ2) is 3.48. The Morgan fingerprint density at radius 1 is 1.40 bits per heavy atom. The van der Waals surface area contributed by atoms with Crippen molar-refractivity contribution in [3.8, 4) is 0 Å². The third kappa shape index (κ3) is 1.71. The molecule has 2 atom stereocenters. The molecule has 2 aliphatic heterocycles. The molecule has 2 bridgehead atoms. The van der Waals surface area contributed by atoms with Crippen molar-refractivity contribution in [2.24, 2.45) is 11.3 Å². The molecule has 1 amide bonds. The van der Waals surface area contributed by atoms with Gasteiger partial charge in [-0.1, -0.05) is 13.8 Å². The van der Waals surface area contributed by atoms with Crippen LogP contribution in [0.1, 0.15) is 20.3 Å². The van der Waals surface area contributed by atoms with Crippen molar-refractivity contribution in [2.45, 2.75) is 26.6 Å². The van der Waals surface area contributed by atoms with Crippen LogP contribution < -0.4 is 5.32 Å². The highest BCUT2D eigenvalue weighted by molar-refractivity contribution is 5.84. The standard InChI is InChI=1S/C10H15NO4/c1-10(2)6-5-7(12)11-3-4-14-9(10)15-8(6)13/h6,9H,3-5H2,1-2H3,(H,11,12). The summed E-state index contributed by atoms with van der Waals surface area (Å²) in [6.07, 6.45) is -0.339. The highest BCUT2D eigenvalue weighted by atomic mass is 16.7. The second-order valence-corrected chi connectivity index (χ2v) is 4.57. The van der Waals surface area contributed by atoms with Crippen molar-refractivity contribution in [2.75, 3.05) is 13.2 Å². The van der Waals surface area contributed by atoms with E-state index < -0.39 is 17.6 Å². The van der Waals surface area contributed by atoms with Crippen molar-refractivity contribution in [3.05, 3.63) is 0 Å². The van der Waals surface area contributed by atoms with Gasteiger partial charge in [0, 0.05) is 18.4 Å². The monoisotopic (exact) mass is 213 g/mol. The zero-order valence-electron chi connectivity index (χ0n) is 8.91. The predicted molar refractivity (Wildman–Crippen MR) is 50.7 cm³/mol. The number of hydrogen-bond acceptors (Lipinski definition) is 4. The van der Waals surface area contributed by atoms with Gasteiger partial charge in [-0.25, -0.2) is 0 Å². The Hall–Kier alpha value is -1.10. The number of amides is 1. The van der Waals surface area contributed by atoms with Gasteiger partial charge in [-0.2, -0.15) is 0 Å². The number of ether oxygens (including phenoxy) is 2. The SMILES string of the molecule is CC1(C)C2OCCNC(=O)CC1C(=O)O2. The quantitative estimate of drug-likeness (QED) is 0.577. The van der Waals surface area contributed by atoms with E-state index in [-0.39, 0.29) is 18.3 Å². The van der Waals surface area contributed by atoms with Crippen LogP contribution in [0.25, 0.3) is 0 Å². The largest absolute Gasteiger partial charge is 0.435 e. The number of fused-ring (bicyclic) bond motifs is 2. The fraction of sp³-hybridized carbons (Fsp3) is 0.800. The molecule has 2 unspecified atom stereocenters. The van der Waals surface area contributed by atoms with E-state index in [0.717, 1.165) is 0 Å². The topological polar surface area (TPSA) is 64.6 Å². The number of rotatable bonds is 0. The fourth-order valence-electron chi connectivity index (χ4n) is 2.02. The van der Waals surface area contributed by atoms with Gasteiger partial charge in [-0.3, -0.25) is 9.59 Å². The Balaban J connectivity index is 2.26. The molecule has 0 aromatic heterocycles. The third-order valence-electron chi connectivity index (χ3n) is 3.10. The Morgan fingerprint density at radius 3 is 2.87 bits per heavy atom. The van der Waals surface area contributed by atoms with Crippen LogP contribution in [0, 0.1) is 11.3 Å². The van der Waals surface area contributed by atoms with Crippen LogP contribution >= 0.6 is 0 Å². The lowest BCUT2D eigenvalue weighted by atomic mass is 9.78. The first-order valence-corrected chi connectivity index (χ1v) is 5.10. The summed E-state index contributed by atoms with van der Waals surface area (Å²) in [7, 11) is 0. The Morgan fingerprint density at radius 2 is 2.13 bits per heavy atom. The number of esters is 1. The summed E-state index contributed by atoms with van der Waals surface area (Å²) in [4.78, 5) is 23.0. The molecule has 2 saturated heterocycles. The highest BCUT2D eigenvalue weighted by Crippen LogP contribution is 2.42. The van der Waals surface area contributed by atoms with E-state index in [0.29, 0.717) is 13.2 Å². The maximum atomic E-state index is 11.6. The molecule has 0 aliphatic carbocycles. The number of nitrogens with one attached hydrogen (secondary N) is 1. The summed E-state index contributed by atoms with van der Waals surface area (Å²) in [5.74, 6) is -0.848. The summed E-state index contributed by atoms with van der Waals surface area (Å²) in [6.45, 7) is 4.63. The molecule has 5 heteroatoms. The Kier molecular flexibility index (Phi) is 2.42. The molecule has 1 N–H and O–H groups in total. The lowest BCUT2D eigenvalue weighted by Gasteiger charge is -2.26. The molecule has 15 heavy (non-hydrogen) atoms. The van der Waals surface area contributed by atoms with Crippen LogP contribution in [-0.2, 0) is 19.1 Å². The van der Waals surface area contributed by atoms with Gasteiger partial charge in [-0.05, 0) is 0 Å². The van der Waals surface area contributed by atoms with Crippen molar-refractivity contribution >= 4 is 11.9 Å². The molecule has 0 aromatic rings. The molecule has 2 aliphatic rings. The molecule has 0 spiro atoms. The van der Waals surface area contributed by atoms with E-state index in [2.05, 4.69) is 5.32 Å². The predicted octanol–water partition coefficient (Wildman–Crippen LogP) is 0.0482. The molecule has 0 saturated carbocycles. The summed E-state index contributed by atoms with van der Waals surface area (Å²) in [5, 5.41) is 2.70. The normalized spacial score (nSPS) is 34.8. The van der Waals surface area contributed by atoms with Crippen LogP contribution in [-0.4, -0.2) is 31.3 Å². The second-order valence-electron chi connectivity index (χ2n) is 4.57. The van der Waals surface area contributed by atoms with Gasteiger partial charge in [-0.15, -0.1) is 0 Å². The van der Waals surface area contributed by atoms with Crippen molar-refractivity contribution < 1.29 is 19.1 Å². The molecule has 2 rings (SSSR count). The van der Waals surface area contributed by atoms with Crippen molar-refractivity contribution in [1.29, 1.82) is 0 Å². The van der Waals surface area contributed by atoms with E-state index in [1.54, 1.807) is 0 Å². The smallest absolute Gasteiger partial charge is 0.312 e. The average molecular weight is 213 g/mol. The lowest BCUT2D eigenvalue weighted by Crippen LogP contribution is -2.33. The number of carbonyl (C=O) groups excluding carboxylic acids is 2. The van der Waals surface area contributed by atoms with Crippen LogP contribution in [0.3, 0.4) is 0 Å². The van der Waals surface area contributed by atoms with E-state index in [4.69, 9.17) is 9.47 Å². The maximum absolute atomic E-state index is 11.6. The van der Waals surface area contributed by atoms with Crippen LogP contribution in [0.5, 0.6) is 0 Å².